The molecule has 0 spiro atoms. The predicted molar refractivity (Wildman–Crippen MR) is 156 cm³/mol. The second kappa shape index (κ2) is 10.7. The Bertz CT molecular complexity index is 1430. The number of anilines is 1. The average Bonchev–Trinajstić information content (AvgIpc) is 3.60. The van der Waals surface area contributed by atoms with E-state index in [1.165, 1.54) is 16.2 Å². The molecule has 0 unspecified atom stereocenters. The summed E-state index contributed by atoms with van der Waals surface area (Å²) in [4.78, 5) is 46.9. The Labute approximate surface area is 243 Å². The second-order valence-corrected chi connectivity index (χ2v) is 12.4. The first-order chi connectivity index (χ1) is 19.3. The van der Waals surface area contributed by atoms with Gasteiger partial charge >= 0.3 is 0 Å². The topological polar surface area (TPSA) is 81.2 Å². The Balaban J connectivity index is 1.16. The summed E-state index contributed by atoms with van der Waals surface area (Å²) in [7, 11) is 0. The van der Waals surface area contributed by atoms with Gasteiger partial charge < -0.3 is 14.9 Å². The van der Waals surface area contributed by atoms with E-state index in [0.29, 0.717) is 48.6 Å². The minimum atomic E-state index is -0.969. The Kier molecular flexibility index (Phi) is 7.19. The molecule has 0 saturated carbocycles. The molecule has 3 aromatic rings. The van der Waals surface area contributed by atoms with Gasteiger partial charge in [-0.15, -0.1) is 11.3 Å². The molecule has 0 radical (unpaired) electrons. The number of carbonyl (C=O) groups excluding carboxylic acids is 3. The lowest BCUT2D eigenvalue weighted by Gasteiger charge is -2.41. The second-order valence-electron chi connectivity index (χ2n) is 11.0. The highest BCUT2D eigenvalue weighted by molar-refractivity contribution is 7.10. The van der Waals surface area contributed by atoms with Crippen LogP contribution >= 0.6 is 22.9 Å². The summed E-state index contributed by atoms with van der Waals surface area (Å²) in [5, 5.41) is 13.8. The molecule has 208 valence electrons. The van der Waals surface area contributed by atoms with Gasteiger partial charge in [0.1, 0.15) is 0 Å². The van der Waals surface area contributed by atoms with Gasteiger partial charge in [0.15, 0.2) is 0 Å². The van der Waals surface area contributed by atoms with Gasteiger partial charge in [0, 0.05) is 36.1 Å². The van der Waals surface area contributed by atoms with Crippen molar-refractivity contribution in [3.8, 4) is 0 Å². The van der Waals surface area contributed by atoms with Gasteiger partial charge in [-0.05, 0) is 73.9 Å². The number of nitrogens with zero attached hydrogens (tertiary/aromatic N) is 3. The highest BCUT2D eigenvalue weighted by Gasteiger charge is 2.43. The van der Waals surface area contributed by atoms with E-state index in [2.05, 4.69) is 4.90 Å². The normalized spacial score (nSPS) is 21.5. The molecule has 2 fully saturated rings. The van der Waals surface area contributed by atoms with Crippen LogP contribution in [0.3, 0.4) is 0 Å². The third-order valence-corrected chi connectivity index (χ3v) is 9.96. The Hall–Kier alpha value is -3.20. The van der Waals surface area contributed by atoms with E-state index >= 15 is 0 Å². The maximum atomic E-state index is 13.6. The molecule has 0 aliphatic carbocycles. The number of piperidine rings is 2. The van der Waals surface area contributed by atoms with E-state index in [-0.39, 0.29) is 29.7 Å². The molecule has 6 rings (SSSR count). The summed E-state index contributed by atoms with van der Waals surface area (Å²) in [5.74, 6) is -0.665. The third-order valence-electron chi connectivity index (χ3n) is 8.66. The zero-order valence-electron chi connectivity index (χ0n) is 22.4. The molecule has 2 atom stereocenters. The number of amides is 3. The molecule has 3 amide bonds. The molecule has 40 heavy (non-hydrogen) atoms. The number of carbonyl (C=O) groups is 3. The van der Waals surface area contributed by atoms with E-state index in [1.807, 2.05) is 53.6 Å². The Morgan fingerprint density at radius 1 is 1.02 bits per heavy atom. The average molecular weight is 578 g/mol. The van der Waals surface area contributed by atoms with E-state index in [4.69, 9.17) is 11.6 Å². The number of likely N-dealkylation sites (tertiary alicyclic amines) is 1. The predicted octanol–water partition coefficient (Wildman–Crippen LogP) is 5.49. The van der Waals surface area contributed by atoms with Crippen molar-refractivity contribution in [2.45, 2.75) is 44.2 Å². The van der Waals surface area contributed by atoms with Gasteiger partial charge in [0.05, 0.1) is 34.4 Å². The summed E-state index contributed by atoms with van der Waals surface area (Å²) in [5.41, 5.74) is 1.45. The molecule has 3 aliphatic rings. The van der Waals surface area contributed by atoms with E-state index < -0.39 is 5.60 Å². The molecule has 2 saturated heterocycles. The zero-order chi connectivity index (χ0) is 28.0. The minimum Gasteiger partial charge on any atom is -0.385 e. The van der Waals surface area contributed by atoms with Crippen LogP contribution in [0.5, 0.6) is 0 Å². The first kappa shape index (κ1) is 27.0. The Morgan fingerprint density at radius 2 is 1.77 bits per heavy atom. The summed E-state index contributed by atoms with van der Waals surface area (Å²) in [6.07, 6.45) is 2.53. The van der Waals surface area contributed by atoms with E-state index in [9.17, 15) is 19.5 Å². The summed E-state index contributed by atoms with van der Waals surface area (Å²) in [6, 6.07) is 16.2. The highest BCUT2D eigenvalue weighted by atomic mass is 35.5. The number of rotatable bonds is 5. The number of hydrogen-bond acceptors (Lipinski definition) is 6. The minimum absolute atomic E-state index is 0.0887. The Morgan fingerprint density at radius 3 is 2.48 bits per heavy atom. The summed E-state index contributed by atoms with van der Waals surface area (Å²) in [6.45, 7) is 4.07. The van der Waals surface area contributed by atoms with Crippen molar-refractivity contribution in [3.63, 3.8) is 0 Å². The zero-order valence-corrected chi connectivity index (χ0v) is 24.0. The maximum absolute atomic E-state index is 13.6. The van der Waals surface area contributed by atoms with Gasteiger partial charge in [-0.2, -0.15) is 0 Å². The smallest absolute Gasteiger partial charge is 0.264 e. The number of halogens is 1. The van der Waals surface area contributed by atoms with Crippen molar-refractivity contribution in [2.75, 3.05) is 31.1 Å². The lowest BCUT2D eigenvalue weighted by atomic mass is 9.84. The largest absolute Gasteiger partial charge is 0.385 e. The van der Waals surface area contributed by atoms with Crippen LogP contribution in [0.4, 0.5) is 5.69 Å². The van der Waals surface area contributed by atoms with Crippen molar-refractivity contribution >= 4 is 46.3 Å². The van der Waals surface area contributed by atoms with Crippen molar-refractivity contribution < 1.29 is 19.5 Å². The number of thiophene rings is 1. The van der Waals surface area contributed by atoms with Crippen molar-refractivity contribution in [1.29, 1.82) is 0 Å². The summed E-state index contributed by atoms with van der Waals surface area (Å²) >= 11 is 7.54. The first-order valence-corrected chi connectivity index (χ1v) is 15.1. The molecule has 2 aromatic carbocycles. The van der Waals surface area contributed by atoms with Crippen LogP contribution in [0.2, 0.25) is 5.02 Å². The fourth-order valence-electron chi connectivity index (χ4n) is 6.36. The van der Waals surface area contributed by atoms with Crippen LogP contribution in [0.25, 0.3) is 0 Å². The third kappa shape index (κ3) is 4.72. The van der Waals surface area contributed by atoms with Crippen molar-refractivity contribution in [1.82, 2.24) is 9.80 Å². The first-order valence-electron chi connectivity index (χ1n) is 13.8. The molecule has 4 heterocycles. The molecule has 9 heteroatoms. The number of imide groups is 1. The summed E-state index contributed by atoms with van der Waals surface area (Å²) < 4.78 is 0. The van der Waals surface area contributed by atoms with Gasteiger partial charge in [-0.1, -0.05) is 35.9 Å². The number of aliphatic hydroxyl groups is 1. The van der Waals surface area contributed by atoms with Gasteiger partial charge in [-0.3, -0.25) is 19.3 Å². The fourth-order valence-corrected chi connectivity index (χ4v) is 7.26. The van der Waals surface area contributed by atoms with Gasteiger partial charge in [-0.25, -0.2) is 0 Å². The van der Waals surface area contributed by atoms with Crippen LogP contribution in [0, 0.1) is 5.92 Å². The number of fused-ring (bicyclic) bond motifs is 1. The fraction of sp³-hybridized carbons (Fsp3) is 0.387. The van der Waals surface area contributed by atoms with E-state index in [0.717, 1.165) is 35.5 Å². The van der Waals surface area contributed by atoms with Crippen LogP contribution in [-0.4, -0.2) is 58.8 Å². The standard InChI is InChI=1S/C31H32ClN3O4S/c1-20(26-8-4-18-40-26)35-29(37)24-6-2-7-25(27(24)30(35)38)34-15-3-5-21(19-34)28(36)33-16-13-31(39,14-17-33)22-9-11-23(32)12-10-22/h2,4,6-12,18,20-21,39H,3,5,13-17,19H2,1H3/t20-,21+/m0/s1. The lowest BCUT2D eigenvalue weighted by molar-refractivity contribution is -0.140. The SMILES string of the molecule is C[C@@H](c1cccs1)N1C(=O)c2cccc(N3CCC[C@@H](C(=O)N4CCC(O)(c5ccc(Cl)cc5)CC4)C3)c2C1=O. The molecule has 3 aliphatic heterocycles. The molecule has 7 nitrogen and oxygen atoms in total. The van der Waals surface area contributed by atoms with Crippen LogP contribution in [0.1, 0.15) is 69.8 Å². The van der Waals surface area contributed by atoms with Crippen LogP contribution in [-0.2, 0) is 10.4 Å². The molecule has 1 aromatic heterocycles. The van der Waals surface area contributed by atoms with Gasteiger partial charge in [0.25, 0.3) is 11.8 Å². The van der Waals surface area contributed by atoms with Crippen LogP contribution < -0.4 is 4.90 Å². The highest BCUT2D eigenvalue weighted by Crippen LogP contribution is 2.39. The van der Waals surface area contributed by atoms with Crippen molar-refractivity contribution in [2.24, 2.45) is 5.92 Å². The number of hydrogen-bond donors (Lipinski definition) is 1. The van der Waals surface area contributed by atoms with Crippen LogP contribution in [0.15, 0.2) is 60.0 Å². The molecule has 1 N–H and O–H groups in total. The molecular weight excluding hydrogens is 546 g/mol. The lowest BCUT2D eigenvalue weighted by Crippen LogP contribution is -2.50. The number of benzene rings is 2. The molecular formula is C31H32ClN3O4S. The maximum Gasteiger partial charge on any atom is 0.264 e. The van der Waals surface area contributed by atoms with Crippen molar-refractivity contribution in [3.05, 3.63) is 86.6 Å². The quantitative estimate of drug-likeness (QED) is 0.406. The van der Waals surface area contributed by atoms with E-state index in [1.54, 1.807) is 18.2 Å². The molecule has 0 bridgehead atoms. The van der Waals surface area contributed by atoms with Gasteiger partial charge in [0.2, 0.25) is 5.91 Å². The monoisotopic (exact) mass is 577 g/mol.